The van der Waals surface area contributed by atoms with Crippen molar-refractivity contribution in [2.75, 3.05) is 0 Å². The quantitative estimate of drug-likeness (QED) is 0.468. The second-order valence-corrected chi connectivity index (χ2v) is 5.44. The van der Waals surface area contributed by atoms with Crippen molar-refractivity contribution in [2.45, 2.75) is 20.3 Å². The van der Waals surface area contributed by atoms with E-state index in [1.165, 1.54) is 16.7 Å². The van der Waals surface area contributed by atoms with Crippen LogP contribution in [0.4, 0.5) is 0 Å². The molecule has 4 rings (SSSR count). The zero-order valence-electron chi connectivity index (χ0n) is 12.1. The van der Waals surface area contributed by atoms with Crippen molar-refractivity contribution in [3.8, 4) is 11.1 Å². The van der Waals surface area contributed by atoms with Crippen LogP contribution in [0.2, 0.25) is 0 Å². The van der Waals surface area contributed by atoms with E-state index in [0.717, 1.165) is 33.9 Å². The lowest BCUT2D eigenvalue weighted by molar-refractivity contribution is 0.615. The number of hydrogen-bond acceptors (Lipinski definition) is 2. The predicted octanol–water partition coefficient (Wildman–Crippen LogP) is 5.72. The van der Waals surface area contributed by atoms with E-state index in [9.17, 15) is 0 Å². The Balaban J connectivity index is 2.17. The summed E-state index contributed by atoms with van der Waals surface area (Å²) in [6.45, 7) is 4.30. The molecule has 2 nitrogen and oxygen atoms in total. The average molecular weight is 276 g/mol. The van der Waals surface area contributed by atoms with Gasteiger partial charge in [0, 0.05) is 16.3 Å². The first-order chi connectivity index (χ1) is 10.3. The van der Waals surface area contributed by atoms with Crippen molar-refractivity contribution in [2.24, 2.45) is 0 Å². The number of fused-ring (bicyclic) bond motifs is 2. The molecule has 0 N–H and O–H groups in total. The molecule has 21 heavy (non-hydrogen) atoms. The SMILES string of the molecule is CCc1ccc2occc2c1-c1cc(C)cc2ccoc12. The van der Waals surface area contributed by atoms with Crippen LogP contribution in [0.3, 0.4) is 0 Å². The Morgan fingerprint density at radius 1 is 0.952 bits per heavy atom. The van der Waals surface area contributed by atoms with Crippen LogP contribution >= 0.6 is 0 Å². The summed E-state index contributed by atoms with van der Waals surface area (Å²) in [6.07, 6.45) is 4.49. The summed E-state index contributed by atoms with van der Waals surface area (Å²) >= 11 is 0. The fourth-order valence-electron chi connectivity index (χ4n) is 3.12. The van der Waals surface area contributed by atoms with Gasteiger partial charge in [0.25, 0.3) is 0 Å². The first-order valence-electron chi connectivity index (χ1n) is 7.25. The van der Waals surface area contributed by atoms with Crippen LogP contribution in [0.1, 0.15) is 18.1 Å². The minimum absolute atomic E-state index is 0.920. The summed E-state index contributed by atoms with van der Waals surface area (Å²) in [6, 6.07) is 12.6. The first kappa shape index (κ1) is 12.3. The summed E-state index contributed by atoms with van der Waals surface area (Å²) in [7, 11) is 0. The number of benzene rings is 2. The van der Waals surface area contributed by atoms with Gasteiger partial charge >= 0.3 is 0 Å². The van der Waals surface area contributed by atoms with Crippen LogP contribution in [0, 0.1) is 6.92 Å². The Kier molecular flexibility index (Phi) is 2.64. The van der Waals surface area contributed by atoms with Crippen molar-refractivity contribution >= 4 is 21.9 Å². The van der Waals surface area contributed by atoms with Crippen LogP contribution in [-0.2, 0) is 6.42 Å². The summed E-state index contributed by atoms with van der Waals surface area (Å²) in [5, 5.41) is 2.30. The monoisotopic (exact) mass is 276 g/mol. The minimum Gasteiger partial charge on any atom is -0.464 e. The molecule has 0 spiro atoms. The zero-order chi connectivity index (χ0) is 14.4. The Morgan fingerprint density at radius 3 is 2.67 bits per heavy atom. The van der Waals surface area contributed by atoms with Gasteiger partial charge in [0.15, 0.2) is 0 Å². The van der Waals surface area contributed by atoms with Crippen molar-refractivity contribution in [3.63, 3.8) is 0 Å². The van der Waals surface area contributed by atoms with E-state index in [-0.39, 0.29) is 0 Å². The fraction of sp³-hybridized carbons (Fsp3) is 0.158. The highest BCUT2D eigenvalue weighted by atomic mass is 16.3. The molecule has 0 amide bonds. The van der Waals surface area contributed by atoms with E-state index < -0.39 is 0 Å². The van der Waals surface area contributed by atoms with Crippen molar-refractivity contribution in [1.29, 1.82) is 0 Å². The van der Waals surface area contributed by atoms with Crippen LogP contribution in [0.25, 0.3) is 33.1 Å². The average Bonchev–Trinajstić information content (AvgIpc) is 3.13. The molecule has 2 aromatic heterocycles. The molecule has 2 aromatic carbocycles. The van der Waals surface area contributed by atoms with Crippen molar-refractivity contribution < 1.29 is 8.83 Å². The normalized spacial score (nSPS) is 11.5. The van der Waals surface area contributed by atoms with Gasteiger partial charge in [-0.3, -0.25) is 0 Å². The Bertz CT molecular complexity index is 941. The maximum atomic E-state index is 5.75. The largest absolute Gasteiger partial charge is 0.464 e. The van der Waals surface area contributed by atoms with E-state index in [2.05, 4.69) is 32.0 Å². The smallest absolute Gasteiger partial charge is 0.141 e. The lowest BCUT2D eigenvalue weighted by atomic mass is 9.92. The molecule has 104 valence electrons. The third-order valence-electron chi connectivity index (χ3n) is 4.07. The maximum absolute atomic E-state index is 5.75. The highest BCUT2D eigenvalue weighted by Crippen LogP contribution is 2.38. The molecular weight excluding hydrogens is 260 g/mol. The Hall–Kier alpha value is -2.48. The number of aryl methyl sites for hydroxylation is 2. The van der Waals surface area contributed by atoms with Gasteiger partial charge in [-0.05, 0) is 60.4 Å². The summed E-state index contributed by atoms with van der Waals surface area (Å²) in [5.74, 6) is 0. The van der Waals surface area contributed by atoms with Crippen molar-refractivity contribution in [1.82, 2.24) is 0 Å². The van der Waals surface area contributed by atoms with Gasteiger partial charge in [0.2, 0.25) is 0 Å². The second kappa shape index (κ2) is 4.52. The van der Waals surface area contributed by atoms with Gasteiger partial charge in [-0.2, -0.15) is 0 Å². The molecular formula is C19H16O2. The van der Waals surface area contributed by atoms with Gasteiger partial charge < -0.3 is 8.83 Å². The van der Waals surface area contributed by atoms with Gasteiger partial charge in [-0.25, -0.2) is 0 Å². The Labute approximate surface area is 123 Å². The lowest BCUT2D eigenvalue weighted by Crippen LogP contribution is -1.90. The molecule has 0 saturated heterocycles. The molecule has 0 aliphatic heterocycles. The van der Waals surface area contributed by atoms with E-state index in [1.807, 2.05) is 18.2 Å². The standard InChI is InChI=1S/C19H16O2/c1-3-13-4-5-17-15(7-9-20-17)18(13)16-11-12(2)10-14-6-8-21-19(14)16/h4-11H,3H2,1-2H3. The first-order valence-corrected chi connectivity index (χ1v) is 7.25. The number of rotatable bonds is 2. The van der Waals surface area contributed by atoms with Gasteiger partial charge in [-0.1, -0.05) is 13.0 Å². The molecule has 4 aromatic rings. The Morgan fingerprint density at radius 2 is 1.81 bits per heavy atom. The zero-order valence-corrected chi connectivity index (χ0v) is 12.1. The molecule has 0 fully saturated rings. The van der Waals surface area contributed by atoms with Gasteiger partial charge in [0.05, 0.1) is 12.5 Å². The van der Waals surface area contributed by atoms with E-state index in [1.54, 1.807) is 12.5 Å². The summed E-state index contributed by atoms with van der Waals surface area (Å²) < 4.78 is 11.3. The van der Waals surface area contributed by atoms with E-state index >= 15 is 0 Å². The predicted molar refractivity (Wildman–Crippen MR) is 85.5 cm³/mol. The van der Waals surface area contributed by atoms with Gasteiger partial charge in [-0.15, -0.1) is 0 Å². The van der Waals surface area contributed by atoms with Crippen LogP contribution in [-0.4, -0.2) is 0 Å². The lowest BCUT2D eigenvalue weighted by Gasteiger charge is -2.11. The maximum Gasteiger partial charge on any atom is 0.141 e. The number of hydrogen-bond donors (Lipinski definition) is 0. The fourth-order valence-corrected chi connectivity index (χ4v) is 3.12. The van der Waals surface area contributed by atoms with Crippen LogP contribution in [0.5, 0.6) is 0 Å². The molecule has 0 aliphatic carbocycles. The van der Waals surface area contributed by atoms with E-state index in [4.69, 9.17) is 8.83 Å². The molecule has 0 radical (unpaired) electrons. The molecule has 0 atom stereocenters. The second-order valence-electron chi connectivity index (χ2n) is 5.44. The molecule has 0 saturated carbocycles. The highest BCUT2D eigenvalue weighted by Gasteiger charge is 2.15. The molecule has 0 aliphatic rings. The van der Waals surface area contributed by atoms with Crippen LogP contribution in [0.15, 0.2) is 57.8 Å². The topological polar surface area (TPSA) is 26.3 Å². The van der Waals surface area contributed by atoms with Crippen molar-refractivity contribution in [3.05, 3.63) is 60.1 Å². The van der Waals surface area contributed by atoms with Gasteiger partial charge in [0.1, 0.15) is 11.2 Å². The molecule has 0 unspecified atom stereocenters. The summed E-state index contributed by atoms with van der Waals surface area (Å²) in [4.78, 5) is 0. The van der Waals surface area contributed by atoms with E-state index in [0.29, 0.717) is 0 Å². The molecule has 2 heterocycles. The molecule has 2 heteroatoms. The minimum atomic E-state index is 0.920. The summed E-state index contributed by atoms with van der Waals surface area (Å²) in [5.41, 5.74) is 6.80. The molecule has 0 bridgehead atoms. The number of furan rings is 2. The van der Waals surface area contributed by atoms with Crippen LogP contribution < -0.4 is 0 Å². The highest BCUT2D eigenvalue weighted by molar-refractivity contribution is 6.03. The third kappa shape index (κ3) is 1.79. The third-order valence-corrected chi connectivity index (χ3v) is 4.07.